The molecule has 0 bridgehead atoms. The van der Waals surface area contributed by atoms with E-state index in [9.17, 15) is 5.11 Å². The Morgan fingerprint density at radius 2 is 1.90 bits per heavy atom. The van der Waals surface area contributed by atoms with Crippen LogP contribution in [0.1, 0.15) is 42.9 Å². The van der Waals surface area contributed by atoms with Crippen LogP contribution >= 0.6 is 0 Å². The Labute approximate surface area is 128 Å². The van der Waals surface area contributed by atoms with Crippen molar-refractivity contribution in [1.29, 1.82) is 0 Å². The van der Waals surface area contributed by atoms with Crippen LogP contribution in [0.2, 0.25) is 0 Å². The first-order chi connectivity index (χ1) is 10.2. The summed E-state index contributed by atoms with van der Waals surface area (Å²) in [5.41, 5.74) is 2.30. The number of benzene rings is 1. The van der Waals surface area contributed by atoms with Crippen molar-refractivity contribution in [3.8, 4) is 0 Å². The summed E-state index contributed by atoms with van der Waals surface area (Å²) in [4.78, 5) is 5.23. The van der Waals surface area contributed by atoms with E-state index in [1.165, 1.54) is 51.0 Å². The van der Waals surface area contributed by atoms with Crippen molar-refractivity contribution in [2.45, 2.75) is 44.8 Å². The molecule has 2 aliphatic heterocycles. The zero-order valence-electron chi connectivity index (χ0n) is 13.2. The van der Waals surface area contributed by atoms with Gasteiger partial charge in [0, 0.05) is 19.1 Å². The molecule has 0 saturated carbocycles. The molecule has 2 unspecified atom stereocenters. The molecule has 1 aromatic rings. The van der Waals surface area contributed by atoms with Gasteiger partial charge in [0.1, 0.15) is 0 Å². The number of aryl methyl sites for hydroxylation is 1. The minimum Gasteiger partial charge on any atom is -0.388 e. The highest BCUT2D eigenvalue weighted by molar-refractivity contribution is 5.23. The third-order valence-electron chi connectivity index (χ3n) is 5.07. The average molecular weight is 288 g/mol. The van der Waals surface area contributed by atoms with Crippen LogP contribution in [0.3, 0.4) is 0 Å². The summed E-state index contributed by atoms with van der Waals surface area (Å²) in [6, 6.07) is 9.05. The first kappa shape index (κ1) is 15.0. The zero-order valence-corrected chi connectivity index (χ0v) is 13.2. The zero-order chi connectivity index (χ0) is 14.7. The van der Waals surface area contributed by atoms with Crippen LogP contribution in [-0.4, -0.2) is 53.7 Å². The molecule has 3 rings (SSSR count). The smallest absolute Gasteiger partial charge is 0.0802 e. The Hall–Kier alpha value is -0.900. The SMILES string of the molecule is Cc1ccc(C(O)CCN2CCCN3CCCC3C2)cc1. The minimum absolute atomic E-state index is 0.325. The highest BCUT2D eigenvalue weighted by Gasteiger charge is 2.28. The van der Waals surface area contributed by atoms with Crippen LogP contribution in [0.15, 0.2) is 24.3 Å². The van der Waals surface area contributed by atoms with Crippen LogP contribution < -0.4 is 0 Å². The second kappa shape index (κ2) is 6.91. The van der Waals surface area contributed by atoms with E-state index in [-0.39, 0.29) is 6.10 Å². The maximum Gasteiger partial charge on any atom is 0.0802 e. The van der Waals surface area contributed by atoms with E-state index in [0.717, 1.165) is 24.6 Å². The summed E-state index contributed by atoms with van der Waals surface area (Å²) in [5, 5.41) is 10.4. The monoisotopic (exact) mass is 288 g/mol. The second-order valence-electron chi connectivity index (χ2n) is 6.70. The summed E-state index contributed by atoms with van der Waals surface area (Å²) in [6.45, 7) is 8.04. The predicted molar refractivity (Wildman–Crippen MR) is 86.4 cm³/mol. The fraction of sp³-hybridized carbons (Fsp3) is 0.667. The highest BCUT2D eigenvalue weighted by Crippen LogP contribution is 2.23. The first-order valence-electron chi connectivity index (χ1n) is 8.43. The molecule has 2 atom stereocenters. The van der Waals surface area contributed by atoms with Gasteiger partial charge in [-0.1, -0.05) is 29.8 Å². The Morgan fingerprint density at radius 1 is 1.14 bits per heavy atom. The second-order valence-corrected chi connectivity index (χ2v) is 6.70. The normalized spacial score (nSPS) is 25.5. The Bertz CT molecular complexity index is 445. The van der Waals surface area contributed by atoms with Crippen molar-refractivity contribution in [3.63, 3.8) is 0 Å². The predicted octanol–water partition coefficient (Wildman–Crippen LogP) is 2.59. The lowest BCUT2D eigenvalue weighted by atomic mass is 10.0. The van der Waals surface area contributed by atoms with Crippen molar-refractivity contribution in [3.05, 3.63) is 35.4 Å². The minimum atomic E-state index is -0.325. The quantitative estimate of drug-likeness (QED) is 0.922. The first-order valence-corrected chi connectivity index (χ1v) is 8.43. The standard InChI is InChI=1S/C18H28N2O/c1-15-5-7-16(8-6-15)18(21)9-13-19-10-3-12-20-11-2-4-17(20)14-19/h5-8,17-18,21H,2-4,9-14H2,1H3. The van der Waals surface area contributed by atoms with Gasteiger partial charge in [0.05, 0.1) is 6.10 Å². The fourth-order valence-corrected chi connectivity index (χ4v) is 3.75. The summed E-state index contributed by atoms with van der Waals surface area (Å²) >= 11 is 0. The van der Waals surface area contributed by atoms with Crippen molar-refractivity contribution in [2.75, 3.05) is 32.7 Å². The lowest BCUT2D eigenvalue weighted by Gasteiger charge is -2.26. The molecule has 0 amide bonds. The summed E-state index contributed by atoms with van der Waals surface area (Å²) in [7, 11) is 0. The third-order valence-corrected chi connectivity index (χ3v) is 5.07. The highest BCUT2D eigenvalue weighted by atomic mass is 16.3. The van der Waals surface area contributed by atoms with Gasteiger partial charge in [-0.15, -0.1) is 0 Å². The van der Waals surface area contributed by atoms with Crippen molar-refractivity contribution < 1.29 is 5.11 Å². The molecule has 3 heteroatoms. The molecular formula is C18H28N2O. The molecule has 2 heterocycles. The van der Waals surface area contributed by atoms with Gasteiger partial charge in [0.25, 0.3) is 0 Å². The van der Waals surface area contributed by atoms with Crippen LogP contribution in [-0.2, 0) is 0 Å². The molecule has 2 aliphatic rings. The van der Waals surface area contributed by atoms with Crippen LogP contribution in [0.25, 0.3) is 0 Å². The van der Waals surface area contributed by atoms with E-state index in [1.54, 1.807) is 0 Å². The van der Waals surface area contributed by atoms with Gasteiger partial charge in [-0.05, 0) is 57.8 Å². The molecule has 0 radical (unpaired) electrons. The molecule has 1 N–H and O–H groups in total. The van der Waals surface area contributed by atoms with Gasteiger partial charge in [0.2, 0.25) is 0 Å². The molecule has 2 fully saturated rings. The Balaban J connectivity index is 1.50. The van der Waals surface area contributed by atoms with E-state index in [0.29, 0.717) is 0 Å². The summed E-state index contributed by atoms with van der Waals surface area (Å²) in [5.74, 6) is 0. The Kier molecular flexibility index (Phi) is 4.94. The molecule has 2 saturated heterocycles. The molecular weight excluding hydrogens is 260 g/mol. The lowest BCUT2D eigenvalue weighted by Crippen LogP contribution is -2.37. The van der Waals surface area contributed by atoms with Crippen LogP contribution in [0.4, 0.5) is 0 Å². The average Bonchev–Trinajstić information content (AvgIpc) is 2.83. The fourth-order valence-electron chi connectivity index (χ4n) is 3.75. The van der Waals surface area contributed by atoms with Gasteiger partial charge in [-0.3, -0.25) is 4.90 Å². The van der Waals surface area contributed by atoms with Crippen LogP contribution in [0.5, 0.6) is 0 Å². The topological polar surface area (TPSA) is 26.7 Å². The number of hydrogen-bond acceptors (Lipinski definition) is 3. The van der Waals surface area contributed by atoms with E-state index in [4.69, 9.17) is 0 Å². The third kappa shape index (κ3) is 3.85. The van der Waals surface area contributed by atoms with Gasteiger partial charge in [-0.25, -0.2) is 0 Å². The van der Waals surface area contributed by atoms with Gasteiger partial charge in [0.15, 0.2) is 0 Å². The van der Waals surface area contributed by atoms with Gasteiger partial charge < -0.3 is 10.0 Å². The number of aliphatic hydroxyl groups excluding tert-OH is 1. The molecule has 0 spiro atoms. The summed E-state index contributed by atoms with van der Waals surface area (Å²) in [6.07, 6.45) is 4.52. The lowest BCUT2D eigenvalue weighted by molar-refractivity contribution is 0.137. The van der Waals surface area contributed by atoms with Crippen LogP contribution in [0, 0.1) is 6.92 Å². The Morgan fingerprint density at radius 3 is 2.71 bits per heavy atom. The number of hydrogen-bond donors (Lipinski definition) is 1. The number of aliphatic hydroxyl groups is 1. The number of nitrogens with zero attached hydrogens (tertiary/aromatic N) is 2. The van der Waals surface area contributed by atoms with E-state index >= 15 is 0 Å². The van der Waals surface area contributed by atoms with E-state index in [2.05, 4.69) is 41.0 Å². The largest absolute Gasteiger partial charge is 0.388 e. The van der Waals surface area contributed by atoms with Gasteiger partial charge >= 0.3 is 0 Å². The molecule has 1 aromatic carbocycles. The van der Waals surface area contributed by atoms with Crippen molar-refractivity contribution in [2.24, 2.45) is 0 Å². The molecule has 0 aromatic heterocycles. The van der Waals surface area contributed by atoms with Gasteiger partial charge in [-0.2, -0.15) is 0 Å². The maximum absolute atomic E-state index is 10.4. The maximum atomic E-state index is 10.4. The molecule has 21 heavy (non-hydrogen) atoms. The van der Waals surface area contributed by atoms with Crippen molar-refractivity contribution >= 4 is 0 Å². The number of fused-ring (bicyclic) bond motifs is 1. The van der Waals surface area contributed by atoms with E-state index in [1.807, 2.05) is 0 Å². The summed E-state index contributed by atoms with van der Waals surface area (Å²) < 4.78 is 0. The van der Waals surface area contributed by atoms with E-state index < -0.39 is 0 Å². The van der Waals surface area contributed by atoms with Crippen molar-refractivity contribution in [1.82, 2.24) is 9.80 Å². The molecule has 0 aliphatic carbocycles. The molecule has 3 nitrogen and oxygen atoms in total. The number of rotatable bonds is 4. The molecule has 116 valence electrons.